The van der Waals surface area contributed by atoms with Crippen LogP contribution in [0.25, 0.3) is 10.4 Å². The molecule has 2 aromatic carbocycles. The maximum atomic E-state index is 12.5. The van der Waals surface area contributed by atoms with Gasteiger partial charge in [0.15, 0.2) is 0 Å². The van der Waals surface area contributed by atoms with Gasteiger partial charge in [-0.25, -0.2) is 0 Å². The Morgan fingerprint density at radius 1 is 0.957 bits per heavy atom. The minimum Gasteiger partial charge on any atom is -0.351 e. The second-order valence-electron chi connectivity index (χ2n) is 4.75. The number of allylic oxidation sites excluding steroid dienone is 2. The zero-order valence-corrected chi connectivity index (χ0v) is 12.4. The monoisotopic (exact) mass is 324 g/mol. The fourth-order valence-electron chi connectivity index (χ4n) is 2.26. The van der Waals surface area contributed by atoms with E-state index in [0.717, 1.165) is 0 Å². The highest BCUT2D eigenvalue weighted by atomic mass is 35.5. The van der Waals surface area contributed by atoms with Gasteiger partial charge in [0.2, 0.25) is 11.6 Å². The van der Waals surface area contributed by atoms with Gasteiger partial charge in [-0.1, -0.05) is 53.1 Å². The molecule has 0 bridgehead atoms. The summed E-state index contributed by atoms with van der Waals surface area (Å²) >= 11 is 6.07. The Hall–Kier alpha value is -3.08. The zero-order chi connectivity index (χ0) is 16.4. The van der Waals surface area contributed by atoms with E-state index in [4.69, 9.17) is 17.1 Å². The number of nitrogens with zero attached hydrogens (tertiary/aromatic N) is 3. The van der Waals surface area contributed by atoms with E-state index in [1.54, 1.807) is 48.5 Å². The topological polar surface area (TPSA) is 94.9 Å². The van der Waals surface area contributed by atoms with Crippen LogP contribution >= 0.6 is 11.6 Å². The minimum absolute atomic E-state index is 0.0342. The van der Waals surface area contributed by atoms with Gasteiger partial charge in [-0.3, -0.25) is 9.59 Å². The van der Waals surface area contributed by atoms with Crippen LogP contribution in [0.2, 0.25) is 0 Å². The lowest BCUT2D eigenvalue weighted by Gasteiger charge is -2.18. The number of hydrogen-bond donors (Lipinski definition) is 1. The molecule has 0 aliphatic heterocycles. The molecule has 1 aliphatic carbocycles. The summed E-state index contributed by atoms with van der Waals surface area (Å²) in [6.07, 6.45) is 0. The van der Waals surface area contributed by atoms with Gasteiger partial charge < -0.3 is 5.32 Å². The van der Waals surface area contributed by atoms with E-state index in [9.17, 15) is 9.59 Å². The average molecular weight is 325 g/mol. The fraction of sp³-hybridized carbons (Fsp3) is 0. The Labute approximate surface area is 136 Å². The van der Waals surface area contributed by atoms with Crippen LogP contribution in [0.15, 0.2) is 64.4 Å². The lowest BCUT2D eigenvalue weighted by atomic mass is 9.92. The third kappa shape index (κ3) is 2.68. The van der Waals surface area contributed by atoms with Crippen LogP contribution in [0.5, 0.6) is 0 Å². The summed E-state index contributed by atoms with van der Waals surface area (Å²) in [5, 5.41) is 6.18. The third-order valence-corrected chi connectivity index (χ3v) is 3.72. The van der Waals surface area contributed by atoms with Crippen LogP contribution in [0.1, 0.15) is 20.7 Å². The van der Waals surface area contributed by atoms with Crippen molar-refractivity contribution in [3.05, 3.63) is 80.8 Å². The Bertz CT molecular complexity index is 897. The molecule has 112 valence electrons. The molecule has 1 N–H and O–H groups in total. The molecule has 1 aliphatic rings. The first-order valence-corrected chi connectivity index (χ1v) is 7.00. The van der Waals surface area contributed by atoms with Crippen molar-refractivity contribution >= 4 is 34.5 Å². The van der Waals surface area contributed by atoms with Crippen molar-refractivity contribution in [3.63, 3.8) is 0 Å². The van der Waals surface area contributed by atoms with Gasteiger partial charge >= 0.3 is 0 Å². The normalized spacial score (nSPS) is 13.4. The second kappa shape index (κ2) is 5.96. The summed E-state index contributed by atoms with van der Waals surface area (Å²) in [5.74, 6) is -0.737. The fourth-order valence-corrected chi connectivity index (χ4v) is 2.50. The van der Waals surface area contributed by atoms with Crippen LogP contribution in [0.3, 0.4) is 0 Å². The average Bonchev–Trinajstić information content (AvgIpc) is 2.58. The number of azide groups is 1. The SMILES string of the molecule is [N-]=[N+]=Nc1ccc(NC2=C(Cl)C(=O)c3ccccc3C2=O)cc1. The van der Waals surface area contributed by atoms with E-state index in [1.807, 2.05) is 0 Å². The summed E-state index contributed by atoms with van der Waals surface area (Å²) in [4.78, 5) is 27.5. The molecular weight excluding hydrogens is 316 g/mol. The van der Waals surface area contributed by atoms with Crippen LogP contribution in [-0.2, 0) is 0 Å². The number of halogens is 1. The van der Waals surface area contributed by atoms with E-state index in [-0.39, 0.29) is 16.5 Å². The van der Waals surface area contributed by atoms with E-state index in [1.165, 1.54) is 0 Å². The Morgan fingerprint density at radius 2 is 1.57 bits per heavy atom. The van der Waals surface area contributed by atoms with Crippen molar-refractivity contribution in [1.29, 1.82) is 0 Å². The molecule has 0 saturated heterocycles. The number of benzene rings is 2. The Balaban J connectivity index is 1.96. The second-order valence-corrected chi connectivity index (χ2v) is 5.13. The van der Waals surface area contributed by atoms with E-state index < -0.39 is 5.78 Å². The molecule has 23 heavy (non-hydrogen) atoms. The highest BCUT2D eigenvalue weighted by Gasteiger charge is 2.31. The van der Waals surface area contributed by atoms with Crippen molar-refractivity contribution < 1.29 is 9.59 Å². The summed E-state index contributed by atoms with van der Waals surface area (Å²) in [5.41, 5.74) is 10.0. The highest BCUT2D eigenvalue weighted by Crippen LogP contribution is 2.29. The number of hydrogen-bond acceptors (Lipinski definition) is 4. The number of anilines is 1. The van der Waals surface area contributed by atoms with Crippen LogP contribution < -0.4 is 5.32 Å². The first-order valence-electron chi connectivity index (χ1n) is 6.62. The summed E-state index contributed by atoms with van der Waals surface area (Å²) in [6.45, 7) is 0. The number of nitrogens with one attached hydrogen (secondary N) is 1. The highest BCUT2D eigenvalue weighted by molar-refractivity contribution is 6.50. The molecule has 6 nitrogen and oxygen atoms in total. The third-order valence-electron chi connectivity index (χ3n) is 3.36. The van der Waals surface area contributed by atoms with Gasteiger partial charge in [-0.05, 0) is 17.7 Å². The molecule has 0 amide bonds. The van der Waals surface area contributed by atoms with Gasteiger partial charge in [0, 0.05) is 27.4 Å². The predicted molar refractivity (Wildman–Crippen MR) is 86.9 cm³/mol. The lowest BCUT2D eigenvalue weighted by Crippen LogP contribution is -2.24. The van der Waals surface area contributed by atoms with Crippen molar-refractivity contribution in [3.8, 4) is 0 Å². The van der Waals surface area contributed by atoms with Crippen molar-refractivity contribution in [2.24, 2.45) is 5.11 Å². The first kappa shape index (κ1) is 14.8. The molecule has 0 spiro atoms. The molecule has 0 atom stereocenters. The summed E-state index contributed by atoms with van der Waals surface area (Å²) in [6, 6.07) is 12.9. The molecule has 2 aromatic rings. The number of rotatable bonds is 3. The summed E-state index contributed by atoms with van der Waals surface area (Å²) in [7, 11) is 0. The predicted octanol–water partition coefficient (Wildman–Crippen LogP) is 4.57. The molecule has 0 radical (unpaired) electrons. The van der Waals surface area contributed by atoms with E-state index in [2.05, 4.69) is 15.3 Å². The maximum absolute atomic E-state index is 12.5. The van der Waals surface area contributed by atoms with Gasteiger partial charge in [0.1, 0.15) is 10.7 Å². The minimum atomic E-state index is -0.393. The molecule has 0 unspecified atom stereocenters. The molecular formula is C16H9ClN4O2. The summed E-state index contributed by atoms with van der Waals surface area (Å²) < 4.78 is 0. The smallest absolute Gasteiger partial charge is 0.211 e. The van der Waals surface area contributed by atoms with Crippen molar-refractivity contribution in [1.82, 2.24) is 0 Å². The van der Waals surface area contributed by atoms with Crippen LogP contribution in [-0.4, -0.2) is 11.6 Å². The van der Waals surface area contributed by atoms with Crippen molar-refractivity contribution in [2.75, 3.05) is 5.32 Å². The van der Waals surface area contributed by atoms with E-state index in [0.29, 0.717) is 22.5 Å². The van der Waals surface area contributed by atoms with Gasteiger partial charge in [0.25, 0.3) is 0 Å². The number of ketones is 2. The van der Waals surface area contributed by atoms with Gasteiger partial charge in [0.05, 0.1) is 0 Å². The van der Waals surface area contributed by atoms with Gasteiger partial charge in [-0.15, -0.1) is 0 Å². The standard InChI is InChI=1S/C16H9ClN4O2/c17-13-14(19-9-5-7-10(8-6-9)20-21-18)16(23)12-4-2-1-3-11(12)15(13)22/h1-8,19H. The van der Waals surface area contributed by atoms with Crippen molar-refractivity contribution in [2.45, 2.75) is 0 Å². The van der Waals surface area contributed by atoms with Gasteiger partial charge in [-0.2, -0.15) is 0 Å². The Morgan fingerprint density at radius 3 is 2.17 bits per heavy atom. The number of carbonyl (C=O) groups is 2. The molecule has 3 rings (SSSR count). The van der Waals surface area contributed by atoms with E-state index >= 15 is 0 Å². The number of carbonyl (C=O) groups excluding carboxylic acids is 2. The quantitative estimate of drug-likeness (QED) is 0.509. The van der Waals surface area contributed by atoms with Crippen LogP contribution in [0, 0.1) is 0 Å². The molecule has 0 fully saturated rings. The maximum Gasteiger partial charge on any atom is 0.211 e. The van der Waals surface area contributed by atoms with Crippen LogP contribution in [0.4, 0.5) is 11.4 Å². The lowest BCUT2D eigenvalue weighted by molar-refractivity contribution is 0.0982. The molecule has 0 heterocycles. The molecule has 0 aromatic heterocycles. The largest absolute Gasteiger partial charge is 0.351 e. The molecule has 0 saturated carbocycles. The Kier molecular flexibility index (Phi) is 3.85. The number of Topliss-reactive ketones (excluding diaryl/α,β-unsaturated/α-hetero) is 2. The molecule has 7 heteroatoms. The first-order chi connectivity index (χ1) is 11.1. The number of fused-ring (bicyclic) bond motifs is 1. The zero-order valence-electron chi connectivity index (χ0n) is 11.7.